The number of methoxy groups -OCH3 is 1. The molecule has 0 atom stereocenters. The molecule has 0 unspecified atom stereocenters. The van der Waals surface area contributed by atoms with Crippen LogP contribution in [0.5, 0.6) is 11.5 Å². The molecule has 0 bridgehead atoms. The Bertz CT molecular complexity index is 1220. The average Bonchev–Trinajstić information content (AvgIpc) is 3.54. The second-order valence-electron chi connectivity index (χ2n) is 6.75. The number of rotatable bonds is 9. The Kier molecular flexibility index (Phi) is 6.64. The van der Waals surface area contributed by atoms with E-state index in [4.69, 9.17) is 18.3 Å². The van der Waals surface area contributed by atoms with Crippen LogP contribution >= 0.6 is 0 Å². The number of nitrogens with one attached hydrogen (secondary N) is 2. The molecule has 168 valence electrons. The zero-order valence-corrected chi connectivity index (χ0v) is 17.6. The molecule has 2 heterocycles. The van der Waals surface area contributed by atoms with E-state index in [1.807, 2.05) is 12.1 Å². The number of ether oxygens (including phenoxy) is 2. The van der Waals surface area contributed by atoms with Crippen molar-refractivity contribution >= 4 is 17.5 Å². The average molecular weight is 448 g/mol. The molecule has 33 heavy (non-hydrogen) atoms. The molecule has 2 N–H and O–H groups in total. The normalized spacial score (nSPS) is 10.5. The molecule has 2 aromatic heterocycles. The first-order chi connectivity index (χ1) is 16.1. The van der Waals surface area contributed by atoms with Gasteiger partial charge in [-0.1, -0.05) is 6.07 Å². The molecule has 2 aromatic carbocycles. The van der Waals surface area contributed by atoms with Gasteiger partial charge in [0.25, 0.3) is 11.8 Å². The number of nitrogens with zero attached hydrogens (tertiary/aromatic N) is 2. The van der Waals surface area contributed by atoms with Gasteiger partial charge in [0.15, 0.2) is 12.4 Å². The summed E-state index contributed by atoms with van der Waals surface area (Å²) in [5, 5.41) is 13.2. The van der Waals surface area contributed by atoms with Gasteiger partial charge < -0.3 is 28.9 Å². The van der Waals surface area contributed by atoms with Crippen LogP contribution in [0, 0.1) is 0 Å². The minimum Gasteiger partial charge on any atom is -0.497 e. The quantitative estimate of drug-likeness (QED) is 0.399. The largest absolute Gasteiger partial charge is 0.497 e. The Hall–Kier alpha value is -4.60. The van der Waals surface area contributed by atoms with Crippen LogP contribution in [0.2, 0.25) is 0 Å². The molecule has 0 spiro atoms. The number of amides is 2. The van der Waals surface area contributed by atoms with Gasteiger partial charge in [-0.25, -0.2) is 0 Å². The van der Waals surface area contributed by atoms with E-state index in [0.717, 1.165) is 11.3 Å². The van der Waals surface area contributed by atoms with Crippen molar-refractivity contribution in [3.63, 3.8) is 0 Å². The van der Waals surface area contributed by atoms with E-state index < -0.39 is 11.8 Å². The van der Waals surface area contributed by atoms with Crippen molar-refractivity contribution < 1.29 is 27.9 Å². The third kappa shape index (κ3) is 5.76. The van der Waals surface area contributed by atoms with E-state index in [9.17, 15) is 9.59 Å². The van der Waals surface area contributed by atoms with Crippen LogP contribution in [-0.2, 0) is 11.4 Å². The summed E-state index contributed by atoms with van der Waals surface area (Å²) in [6.07, 6.45) is 1.38. The highest BCUT2D eigenvalue weighted by molar-refractivity contribution is 5.98. The summed E-state index contributed by atoms with van der Waals surface area (Å²) in [4.78, 5) is 23.9. The minimum absolute atomic E-state index is 0.0553. The molecule has 0 saturated heterocycles. The van der Waals surface area contributed by atoms with Gasteiger partial charge >= 0.3 is 0 Å². The van der Waals surface area contributed by atoms with Crippen molar-refractivity contribution in [3.8, 4) is 23.0 Å². The number of anilines is 1. The maximum atomic E-state index is 12.1. The minimum atomic E-state index is -0.471. The van der Waals surface area contributed by atoms with Crippen LogP contribution < -0.4 is 20.1 Å². The maximum absolute atomic E-state index is 12.1. The summed E-state index contributed by atoms with van der Waals surface area (Å²) in [6.45, 7) is -0.152. The fraction of sp³-hybridized carbons (Fsp3) is 0.130. The Morgan fingerprint density at radius 3 is 2.61 bits per heavy atom. The number of benzene rings is 2. The van der Waals surface area contributed by atoms with E-state index in [0.29, 0.717) is 23.2 Å². The molecular weight excluding hydrogens is 428 g/mol. The van der Waals surface area contributed by atoms with Crippen molar-refractivity contribution in [3.05, 3.63) is 78.6 Å². The molecule has 0 aliphatic carbocycles. The number of aromatic nitrogens is 2. The molecule has 0 radical (unpaired) electrons. The van der Waals surface area contributed by atoms with E-state index in [1.54, 1.807) is 49.6 Å². The van der Waals surface area contributed by atoms with Crippen LogP contribution in [-0.4, -0.2) is 35.7 Å². The van der Waals surface area contributed by atoms with Crippen LogP contribution in [0.25, 0.3) is 11.5 Å². The van der Waals surface area contributed by atoms with Gasteiger partial charge in [0.2, 0.25) is 11.8 Å². The lowest BCUT2D eigenvalue weighted by atomic mass is 10.2. The predicted molar refractivity (Wildman–Crippen MR) is 117 cm³/mol. The number of furan rings is 1. The summed E-state index contributed by atoms with van der Waals surface area (Å²) < 4.78 is 21.5. The Morgan fingerprint density at radius 2 is 1.85 bits per heavy atom. The topological polar surface area (TPSA) is 129 Å². The number of carbonyl (C=O) groups excluding carboxylic acids is 2. The summed E-state index contributed by atoms with van der Waals surface area (Å²) in [7, 11) is 1.60. The van der Waals surface area contributed by atoms with Crippen molar-refractivity contribution in [1.29, 1.82) is 0 Å². The zero-order chi connectivity index (χ0) is 23.0. The molecule has 4 rings (SSSR count). The second-order valence-corrected chi connectivity index (χ2v) is 6.75. The van der Waals surface area contributed by atoms with E-state index >= 15 is 0 Å². The lowest BCUT2D eigenvalue weighted by Crippen LogP contribution is -2.32. The molecule has 0 aliphatic rings. The Morgan fingerprint density at radius 1 is 1.00 bits per heavy atom. The summed E-state index contributed by atoms with van der Waals surface area (Å²) in [6, 6.07) is 17.2. The number of hydrogen-bond acceptors (Lipinski definition) is 8. The molecule has 0 aliphatic heterocycles. The van der Waals surface area contributed by atoms with Gasteiger partial charge in [-0.3, -0.25) is 9.59 Å². The van der Waals surface area contributed by atoms with Crippen LogP contribution in [0.1, 0.15) is 16.4 Å². The predicted octanol–water partition coefficient (Wildman–Crippen LogP) is 3.29. The second kappa shape index (κ2) is 10.1. The molecule has 10 nitrogen and oxygen atoms in total. The van der Waals surface area contributed by atoms with Crippen LogP contribution in [0.4, 0.5) is 5.69 Å². The van der Waals surface area contributed by atoms with Gasteiger partial charge in [-0.2, -0.15) is 0 Å². The summed E-state index contributed by atoms with van der Waals surface area (Å²) in [5.41, 5.74) is 1.27. The third-order valence-electron chi connectivity index (χ3n) is 4.44. The molecular formula is C23H20N4O6. The summed E-state index contributed by atoms with van der Waals surface area (Å²) in [5.74, 6) is 1.17. The van der Waals surface area contributed by atoms with E-state index in [-0.39, 0.29) is 18.9 Å². The lowest BCUT2D eigenvalue weighted by molar-refractivity contribution is -0.115. The number of carbonyl (C=O) groups is 2. The third-order valence-corrected chi connectivity index (χ3v) is 4.44. The molecule has 0 saturated carbocycles. The van der Waals surface area contributed by atoms with Crippen molar-refractivity contribution in [2.24, 2.45) is 0 Å². The van der Waals surface area contributed by atoms with Gasteiger partial charge in [0.05, 0.1) is 19.9 Å². The maximum Gasteiger partial charge on any atom is 0.287 e. The van der Waals surface area contributed by atoms with E-state index in [1.165, 1.54) is 12.3 Å². The Balaban J connectivity index is 1.29. The smallest absolute Gasteiger partial charge is 0.287 e. The van der Waals surface area contributed by atoms with E-state index in [2.05, 4.69) is 20.8 Å². The number of hydrogen-bond donors (Lipinski definition) is 2. The fourth-order valence-corrected chi connectivity index (χ4v) is 2.83. The highest BCUT2D eigenvalue weighted by atomic mass is 16.5. The zero-order valence-electron chi connectivity index (χ0n) is 17.6. The molecule has 4 aromatic rings. The monoisotopic (exact) mass is 448 g/mol. The Labute approximate surface area is 188 Å². The SMILES string of the molecule is COc1ccc(-c2nnc(COc3cccc(NC(=O)CNC(=O)c4ccco4)c3)o2)cc1. The molecule has 0 fully saturated rings. The van der Waals surface area contributed by atoms with Crippen LogP contribution in [0.15, 0.2) is 75.8 Å². The molecule has 10 heteroatoms. The van der Waals surface area contributed by atoms with Gasteiger partial charge in [0.1, 0.15) is 11.5 Å². The highest BCUT2D eigenvalue weighted by Gasteiger charge is 2.12. The first kappa shape index (κ1) is 21.6. The lowest BCUT2D eigenvalue weighted by Gasteiger charge is -2.08. The highest BCUT2D eigenvalue weighted by Crippen LogP contribution is 2.22. The standard InChI is InChI=1S/C23H20N4O6/c1-30-17-9-7-15(8-10-17)23-27-26-21(33-23)14-32-18-5-2-4-16(12-18)25-20(28)13-24-22(29)19-6-3-11-31-19/h2-12H,13-14H2,1H3,(H,24,29)(H,25,28). The molecule has 2 amide bonds. The van der Waals surface area contributed by atoms with Gasteiger partial charge in [-0.15, -0.1) is 10.2 Å². The van der Waals surface area contributed by atoms with Crippen molar-refractivity contribution in [2.45, 2.75) is 6.61 Å². The van der Waals surface area contributed by atoms with Gasteiger partial charge in [0, 0.05) is 17.3 Å². The van der Waals surface area contributed by atoms with Crippen molar-refractivity contribution in [1.82, 2.24) is 15.5 Å². The van der Waals surface area contributed by atoms with Crippen molar-refractivity contribution in [2.75, 3.05) is 19.0 Å². The van der Waals surface area contributed by atoms with Gasteiger partial charge in [-0.05, 0) is 48.5 Å². The summed E-state index contributed by atoms with van der Waals surface area (Å²) >= 11 is 0. The first-order valence-electron chi connectivity index (χ1n) is 9.92. The first-order valence-corrected chi connectivity index (χ1v) is 9.92. The van der Waals surface area contributed by atoms with Crippen LogP contribution in [0.3, 0.4) is 0 Å². The fourth-order valence-electron chi connectivity index (χ4n) is 2.83.